The summed E-state index contributed by atoms with van der Waals surface area (Å²) in [5, 5.41) is 9.10. The first-order valence-corrected chi connectivity index (χ1v) is 8.89. The average Bonchev–Trinajstić information content (AvgIpc) is 2.60. The normalized spacial score (nSPS) is 21.6. The van der Waals surface area contributed by atoms with Gasteiger partial charge in [-0.2, -0.15) is 0 Å². The van der Waals surface area contributed by atoms with Crippen LogP contribution in [0.15, 0.2) is 0 Å². The van der Waals surface area contributed by atoms with Gasteiger partial charge in [0.05, 0.1) is 13.2 Å². The van der Waals surface area contributed by atoms with Gasteiger partial charge < -0.3 is 20.7 Å². The number of hydrogen-bond acceptors (Lipinski definition) is 4. The number of carbonyl (C=O) groups is 2. The zero-order valence-electron chi connectivity index (χ0n) is 14.3. The maximum atomic E-state index is 12.1. The van der Waals surface area contributed by atoms with Gasteiger partial charge in [0.1, 0.15) is 0 Å². The maximum Gasteiger partial charge on any atom is 0.239 e. The standard InChI is InChI=1S/C17H31N3O3/c1-23-13-17(7-9-18-10-8-17)12-20-15(21)11-19-16(22)14-5-3-2-4-6-14/h14,18H,2-13H2,1H3,(H,19,22)(H,20,21). The fourth-order valence-electron chi connectivity index (χ4n) is 3.66. The summed E-state index contributed by atoms with van der Waals surface area (Å²) in [5.41, 5.74) is 0.0169. The molecule has 132 valence electrons. The van der Waals surface area contributed by atoms with E-state index in [1.807, 2.05) is 0 Å². The lowest BCUT2D eigenvalue weighted by Gasteiger charge is -2.37. The Kier molecular flexibility index (Phi) is 7.30. The van der Waals surface area contributed by atoms with E-state index in [9.17, 15) is 9.59 Å². The van der Waals surface area contributed by atoms with E-state index in [0.29, 0.717) is 13.2 Å². The molecule has 1 saturated heterocycles. The first-order valence-electron chi connectivity index (χ1n) is 8.89. The molecule has 1 aliphatic carbocycles. The molecule has 0 spiro atoms. The molecule has 1 saturated carbocycles. The van der Waals surface area contributed by atoms with Crippen molar-refractivity contribution in [3.63, 3.8) is 0 Å². The minimum absolute atomic E-state index is 0.0169. The Hall–Kier alpha value is -1.14. The maximum absolute atomic E-state index is 12.1. The highest BCUT2D eigenvalue weighted by Gasteiger charge is 2.32. The zero-order chi connectivity index (χ0) is 16.5. The fraction of sp³-hybridized carbons (Fsp3) is 0.882. The molecule has 2 fully saturated rings. The van der Waals surface area contributed by atoms with E-state index < -0.39 is 0 Å². The van der Waals surface area contributed by atoms with Gasteiger partial charge in [0, 0.05) is 25.0 Å². The number of rotatable bonds is 7. The predicted molar refractivity (Wildman–Crippen MR) is 89.0 cm³/mol. The van der Waals surface area contributed by atoms with Gasteiger partial charge in [-0.25, -0.2) is 0 Å². The minimum atomic E-state index is -0.108. The van der Waals surface area contributed by atoms with Gasteiger partial charge in [-0.15, -0.1) is 0 Å². The molecule has 0 atom stereocenters. The number of carbonyl (C=O) groups excluding carboxylic acids is 2. The van der Waals surface area contributed by atoms with Crippen LogP contribution in [0.1, 0.15) is 44.9 Å². The second-order valence-electron chi connectivity index (χ2n) is 7.01. The third kappa shape index (κ3) is 5.77. The summed E-state index contributed by atoms with van der Waals surface area (Å²) in [7, 11) is 1.70. The third-order valence-corrected chi connectivity index (χ3v) is 5.17. The molecule has 6 nitrogen and oxygen atoms in total. The van der Waals surface area contributed by atoms with Crippen LogP contribution in [0.5, 0.6) is 0 Å². The Labute approximate surface area is 139 Å². The lowest BCUT2D eigenvalue weighted by molar-refractivity contribution is -0.129. The Balaban J connectivity index is 1.70. The van der Waals surface area contributed by atoms with Gasteiger partial charge in [-0.1, -0.05) is 19.3 Å². The molecule has 0 bridgehead atoms. The Morgan fingerprint density at radius 2 is 1.83 bits per heavy atom. The quantitative estimate of drug-likeness (QED) is 0.647. The molecule has 2 aliphatic rings. The molecule has 1 aliphatic heterocycles. The predicted octanol–water partition coefficient (Wildman–Crippen LogP) is 0.815. The van der Waals surface area contributed by atoms with Crippen molar-refractivity contribution in [2.45, 2.75) is 44.9 Å². The van der Waals surface area contributed by atoms with Crippen molar-refractivity contribution in [1.29, 1.82) is 0 Å². The Bertz CT molecular complexity index is 383. The van der Waals surface area contributed by atoms with Crippen molar-refractivity contribution in [3.8, 4) is 0 Å². The number of ether oxygens (including phenoxy) is 1. The molecular formula is C17H31N3O3. The second kappa shape index (κ2) is 9.23. The molecular weight excluding hydrogens is 294 g/mol. The highest BCUT2D eigenvalue weighted by Crippen LogP contribution is 2.28. The van der Waals surface area contributed by atoms with Crippen molar-refractivity contribution < 1.29 is 14.3 Å². The SMILES string of the molecule is COCC1(CNC(=O)CNC(=O)C2CCCCC2)CCNCC1. The topological polar surface area (TPSA) is 79.5 Å². The van der Waals surface area contributed by atoms with Gasteiger partial charge in [-0.3, -0.25) is 9.59 Å². The molecule has 2 rings (SSSR count). The summed E-state index contributed by atoms with van der Waals surface area (Å²) in [5.74, 6) is 0.0253. The van der Waals surface area contributed by atoms with E-state index in [-0.39, 0.29) is 29.7 Å². The summed E-state index contributed by atoms with van der Waals surface area (Å²) in [6, 6.07) is 0. The average molecular weight is 325 g/mol. The van der Waals surface area contributed by atoms with E-state index in [0.717, 1.165) is 51.6 Å². The number of piperidine rings is 1. The Morgan fingerprint density at radius 3 is 2.48 bits per heavy atom. The van der Waals surface area contributed by atoms with E-state index in [2.05, 4.69) is 16.0 Å². The molecule has 0 aromatic heterocycles. The van der Waals surface area contributed by atoms with Crippen LogP contribution in [0.2, 0.25) is 0 Å². The number of methoxy groups -OCH3 is 1. The second-order valence-corrected chi connectivity index (χ2v) is 7.01. The summed E-state index contributed by atoms with van der Waals surface area (Å²) < 4.78 is 5.35. The highest BCUT2D eigenvalue weighted by atomic mass is 16.5. The van der Waals surface area contributed by atoms with Crippen LogP contribution in [-0.2, 0) is 14.3 Å². The monoisotopic (exact) mass is 325 g/mol. The molecule has 23 heavy (non-hydrogen) atoms. The lowest BCUT2D eigenvalue weighted by Crippen LogP contribution is -2.49. The van der Waals surface area contributed by atoms with Gasteiger partial charge >= 0.3 is 0 Å². The van der Waals surface area contributed by atoms with Crippen molar-refractivity contribution in [2.24, 2.45) is 11.3 Å². The largest absolute Gasteiger partial charge is 0.384 e. The number of nitrogens with one attached hydrogen (secondary N) is 3. The molecule has 2 amide bonds. The summed E-state index contributed by atoms with van der Waals surface area (Å²) in [6.45, 7) is 3.26. The van der Waals surface area contributed by atoms with E-state index in [4.69, 9.17) is 4.74 Å². The van der Waals surface area contributed by atoms with Crippen LogP contribution in [0.4, 0.5) is 0 Å². The molecule has 0 aromatic rings. The zero-order valence-corrected chi connectivity index (χ0v) is 14.3. The van der Waals surface area contributed by atoms with Crippen LogP contribution >= 0.6 is 0 Å². The summed E-state index contributed by atoms with van der Waals surface area (Å²) >= 11 is 0. The van der Waals surface area contributed by atoms with Crippen LogP contribution in [0, 0.1) is 11.3 Å². The number of amides is 2. The van der Waals surface area contributed by atoms with Crippen molar-refractivity contribution in [3.05, 3.63) is 0 Å². The van der Waals surface area contributed by atoms with Crippen LogP contribution < -0.4 is 16.0 Å². The molecule has 0 radical (unpaired) electrons. The summed E-state index contributed by atoms with van der Waals surface area (Å²) in [4.78, 5) is 24.1. The van der Waals surface area contributed by atoms with Gasteiger partial charge in [0.2, 0.25) is 11.8 Å². The molecule has 0 aromatic carbocycles. The van der Waals surface area contributed by atoms with E-state index in [1.54, 1.807) is 7.11 Å². The smallest absolute Gasteiger partial charge is 0.239 e. The fourth-order valence-corrected chi connectivity index (χ4v) is 3.66. The third-order valence-electron chi connectivity index (χ3n) is 5.17. The van der Waals surface area contributed by atoms with E-state index >= 15 is 0 Å². The van der Waals surface area contributed by atoms with Gasteiger partial charge in [0.15, 0.2) is 0 Å². The molecule has 6 heteroatoms. The van der Waals surface area contributed by atoms with Gasteiger partial charge in [-0.05, 0) is 38.8 Å². The summed E-state index contributed by atoms with van der Waals surface area (Å²) in [6.07, 6.45) is 7.37. The molecule has 1 heterocycles. The first kappa shape index (κ1) is 18.2. The minimum Gasteiger partial charge on any atom is -0.384 e. The highest BCUT2D eigenvalue weighted by molar-refractivity contribution is 5.85. The van der Waals surface area contributed by atoms with Crippen molar-refractivity contribution in [1.82, 2.24) is 16.0 Å². The molecule has 0 unspecified atom stereocenters. The molecule has 3 N–H and O–H groups in total. The van der Waals surface area contributed by atoms with Crippen molar-refractivity contribution >= 4 is 11.8 Å². The first-order chi connectivity index (χ1) is 11.2. The van der Waals surface area contributed by atoms with Crippen LogP contribution in [-0.4, -0.2) is 51.7 Å². The van der Waals surface area contributed by atoms with Crippen molar-refractivity contribution in [2.75, 3.05) is 39.9 Å². The number of hydrogen-bond donors (Lipinski definition) is 3. The lowest BCUT2D eigenvalue weighted by atomic mass is 9.79. The van der Waals surface area contributed by atoms with Crippen LogP contribution in [0.3, 0.4) is 0 Å². The van der Waals surface area contributed by atoms with Gasteiger partial charge in [0.25, 0.3) is 0 Å². The van der Waals surface area contributed by atoms with Crippen LogP contribution in [0.25, 0.3) is 0 Å². The van der Waals surface area contributed by atoms with E-state index in [1.165, 1.54) is 6.42 Å². The Morgan fingerprint density at radius 1 is 1.13 bits per heavy atom.